The summed E-state index contributed by atoms with van der Waals surface area (Å²) in [6.07, 6.45) is 4.09. The second kappa shape index (κ2) is 9.13. The van der Waals surface area contributed by atoms with Gasteiger partial charge in [-0.3, -0.25) is 4.79 Å². The van der Waals surface area contributed by atoms with Crippen molar-refractivity contribution in [1.82, 2.24) is 4.90 Å². The Bertz CT molecular complexity index is 473. The minimum atomic E-state index is -1.12. The number of rotatable bonds is 9. The summed E-state index contributed by atoms with van der Waals surface area (Å²) >= 11 is 0. The van der Waals surface area contributed by atoms with Gasteiger partial charge in [-0.1, -0.05) is 38.3 Å². The van der Waals surface area contributed by atoms with Gasteiger partial charge >= 0.3 is 5.97 Å². The number of benzene rings is 1. The van der Waals surface area contributed by atoms with E-state index in [1.54, 1.807) is 12.1 Å². The predicted octanol–water partition coefficient (Wildman–Crippen LogP) is 2.40. The molecule has 1 amide bonds. The van der Waals surface area contributed by atoms with Gasteiger partial charge in [0.15, 0.2) is 0 Å². The fourth-order valence-electron chi connectivity index (χ4n) is 2.19. The van der Waals surface area contributed by atoms with E-state index in [0.717, 1.165) is 25.7 Å². The first-order valence-corrected chi connectivity index (χ1v) is 7.34. The monoisotopic (exact) mass is 293 g/mol. The van der Waals surface area contributed by atoms with E-state index >= 15 is 0 Å². The predicted molar refractivity (Wildman–Crippen MR) is 80.5 cm³/mol. The van der Waals surface area contributed by atoms with E-state index in [-0.39, 0.29) is 30.2 Å². The fraction of sp³-hybridized carbons (Fsp3) is 0.500. The lowest BCUT2D eigenvalue weighted by molar-refractivity contribution is 0.0665. The van der Waals surface area contributed by atoms with Gasteiger partial charge in [-0.15, -0.1) is 0 Å². The Morgan fingerprint density at radius 1 is 1.05 bits per heavy atom. The van der Waals surface area contributed by atoms with Crippen LogP contribution in [0.25, 0.3) is 0 Å². The summed E-state index contributed by atoms with van der Waals surface area (Å²) in [4.78, 5) is 25.2. The second-order valence-corrected chi connectivity index (χ2v) is 4.93. The molecule has 0 spiro atoms. The Kier molecular flexibility index (Phi) is 7.46. The van der Waals surface area contributed by atoms with Crippen LogP contribution in [0, 0.1) is 0 Å². The van der Waals surface area contributed by atoms with Crippen molar-refractivity contribution in [2.45, 2.75) is 32.6 Å². The van der Waals surface area contributed by atoms with E-state index in [4.69, 9.17) is 10.2 Å². The van der Waals surface area contributed by atoms with E-state index in [2.05, 4.69) is 6.92 Å². The highest BCUT2D eigenvalue weighted by Gasteiger charge is 2.20. The molecule has 1 aromatic rings. The maximum absolute atomic E-state index is 12.5. The average Bonchev–Trinajstić information content (AvgIpc) is 2.49. The summed E-state index contributed by atoms with van der Waals surface area (Å²) in [6.45, 7) is 2.74. The van der Waals surface area contributed by atoms with E-state index in [9.17, 15) is 9.59 Å². The smallest absolute Gasteiger partial charge is 0.336 e. The molecule has 21 heavy (non-hydrogen) atoms. The number of amides is 1. The van der Waals surface area contributed by atoms with Crippen LogP contribution in [0.4, 0.5) is 0 Å². The Morgan fingerprint density at radius 2 is 1.71 bits per heavy atom. The molecule has 0 aromatic heterocycles. The van der Waals surface area contributed by atoms with Crippen molar-refractivity contribution in [2.75, 3.05) is 19.7 Å². The van der Waals surface area contributed by atoms with Crippen LogP contribution in [-0.2, 0) is 0 Å². The molecule has 0 aliphatic carbocycles. The Labute approximate surface area is 125 Å². The number of carboxylic acids is 1. The van der Waals surface area contributed by atoms with Crippen LogP contribution in [0.3, 0.4) is 0 Å². The van der Waals surface area contributed by atoms with Crippen LogP contribution in [0.2, 0.25) is 0 Å². The number of carboxylic acid groups (broad SMARTS) is 1. The third-order valence-electron chi connectivity index (χ3n) is 3.33. The number of nitrogens with zero attached hydrogens (tertiary/aromatic N) is 1. The van der Waals surface area contributed by atoms with Crippen LogP contribution in [-0.4, -0.2) is 46.7 Å². The molecule has 0 saturated carbocycles. The van der Waals surface area contributed by atoms with Gasteiger partial charge in [-0.05, 0) is 18.6 Å². The molecule has 116 valence electrons. The van der Waals surface area contributed by atoms with E-state index < -0.39 is 5.97 Å². The number of aromatic carboxylic acids is 1. The zero-order chi connectivity index (χ0) is 15.7. The maximum Gasteiger partial charge on any atom is 0.336 e. The molecule has 0 aliphatic heterocycles. The van der Waals surface area contributed by atoms with E-state index in [1.165, 1.54) is 17.0 Å². The Balaban J connectivity index is 2.83. The molecule has 2 N–H and O–H groups in total. The lowest BCUT2D eigenvalue weighted by Crippen LogP contribution is -2.35. The fourth-order valence-corrected chi connectivity index (χ4v) is 2.19. The van der Waals surface area contributed by atoms with Gasteiger partial charge in [-0.2, -0.15) is 0 Å². The highest BCUT2D eigenvalue weighted by Crippen LogP contribution is 2.13. The van der Waals surface area contributed by atoms with Crippen molar-refractivity contribution in [3.05, 3.63) is 35.4 Å². The molecule has 0 unspecified atom stereocenters. The quantitative estimate of drug-likeness (QED) is 0.685. The van der Waals surface area contributed by atoms with E-state index in [1.807, 2.05) is 0 Å². The molecule has 5 heteroatoms. The van der Waals surface area contributed by atoms with Gasteiger partial charge < -0.3 is 15.1 Å². The van der Waals surface area contributed by atoms with Gasteiger partial charge in [0.25, 0.3) is 5.91 Å². The van der Waals surface area contributed by atoms with Crippen molar-refractivity contribution in [3.63, 3.8) is 0 Å². The van der Waals surface area contributed by atoms with Crippen molar-refractivity contribution < 1.29 is 19.8 Å². The first-order valence-electron chi connectivity index (χ1n) is 7.34. The van der Waals surface area contributed by atoms with Crippen molar-refractivity contribution in [1.29, 1.82) is 0 Å². The molecule has 0 fully saturated rings. The summed E-state index contributed by atoms with van der Waals surface area (Å²) in [5.41, 5.74) is 0.174. The van der Waals surface area contributed by atoms with Crippen molar-refractivity contribution >= 4 is 11.9 Å². The van der Waals surface area contributed by atoms with Crippen LogP contribution < -0.4 is 0 Å². The molecule has 5 nitrogen and oxygen atoms in total. The lowest BCUT2D eigenvalue weighted by atomic mass is 10.1. The molecule has 1 aromatic carbocycles. The van der Waals surface area contributed by atoms with Gasteiger partial charge in [-0.25, -0.2) is 4.79 Å². The van der Waals surface area contributed by atoms with E-state index in [0.29, 0.717) is 6.54 Å². The summed E-state index contributed by atoms with van der Waals surface area (Å²) in [6, 6.07) is 6.18. The number of unbranched alkanes of at least 4 members (excludes halogenated alkanes) is 3. The van der Waals surface area contributed by atoms with Crippen LogP contribution in [0.5, 0.6) is 0 Å². The molecular weight excluding hydrogens is 270 g/mol. The van der Waals surface area contributed by atoms with Crippen LogP contribution in [0.1, 0.15) is 53.3 Å². The minimum Gasteiger partial charge on any atom is -0.478 e. The molecule has 0 atom stereocenters. The number of carbonyl (C=O) groups is 2. The standard InChI is InChI=1S/C16H23NO4/c1-2-3-4-7-10-17(11-12-18)15(19)13-8-5-6-9-14(13)16(20)21/h5-6,8-9,18H,2-4,7,10-12H2,1H3,(H,20,21). The molecule has 0 saturated heterocycles. The molecular formula is C16H23NO4. The molecule has 0 aliphatic rings. The highest BCUT2D eigenvalue weighted by atomic mass is 16.4. The first kappa shape index (κ1) is 17.2. The first-order chi connectivity index (χ1) is 10.1. The largest absolute Gasteiger partial charge is 0.478 e. The third kappa shape index (κ3) is 5.19. The van der Waals surface area contributed by atoms with Crippen LogP contribution >= 0.6 is 0 Å². The summed E-state index contributed by atoms with van der Waals surface area (Å²) in [5, 5.41) is 18.3. The number of hydrogen-bond donors (Lipinski definition) is 2. The maximum atomic E-state index is 12.5. The Morgan fingerprint density at radius 3 is 2.29 bits per heavy atom. The second-order valence-electron chi connectivity index (χ2n) is 4.93. The summed E-state index contributed by atoms with van der Waals surface area (Å²) < 4.78 is 0. The SMILES string of the molecule is CCCCCCN(CCO)C(=O)c1ccccc1C(=O)O. The van der Waals surface area contributed by atoms with Crippen molar-refractivity contribution in [2.24, 2.45) is 0 Å². The lowest BCUT2D eigenvalue weighted by Gasteiger charge is -2.22. The summed E-state index contributed by atoms with van der Waals surface area (Å²) in [5.74, 6) is -1.45. The molecule has 0 heterocycles. The highest BCUT2D eigenvalue weighted by molar-refractivity contribution is 6.04. The van der Waals surface area contributed by atoms with Crippen LogP contribution in [0.15, 0.2) is 24.3 Å². The zero-order valence-electron chi connectivity index (χ0n) is 12.4. The van der Waals surface area contributed by atoms with Gasteiger partial charge in [0.05, 0.1) is 17.7 Å². The number of hydrogen-bond acceptors (Lipinski definition) is 3. The minimum absolute atomic E-state index is 0.000928. The average molecular weight is 293 g/mol. The Hall–Kier alpha value is -1.88. The third-order valence-corrected chi connectivity index (χ3v) is 3.33. The number of aliphatic hydroxyl groups excluding tert-OH is 1. The molecule has 0 radical (unpaired) electrons. The van der Waals surface area contributed by atoms with Gasteiger partial charge in [0.2, 0.25) is 0 Å². The number of aliphatic hydroxyl groups is 1. The normalized spacial score (nSPS) is 10.4. The number of carbonyl (C=O) groups excluding carboxylic acids is 1. The molecule has 0 bridgehead atoms. The summed E-state index contributed by atoms with van der Waals surface area (Å²) in [7, 11) is 0. The van der Waals surface area contributed by atoms with Gasteiger partial charge in [0.1, 0.15) is 0 Å². The molecule has 1 rings (SSSR count). The zero-order valence-corrected chi connectivity index (χ0v) is 12.4. The van der Waals surface area contributed by atoms with Crippen molar-refractivity contribution in [3.8, 4) is 0 Å². The van der Waals surface area contributed by atoms with Gasteiger partial charge in [0, 0.05) is 13.1 Å². The topological polar surface area (TPSA) is 77.8 Å².